The first kappa shape index (κ1) is 16.6. The lowest BCUT2D eigenvalue weighted by molar-refractivity contribution is 0.576. The molecule has 1 heterocycles. The number of benzene rings is 2. The predicted molar refractivity (Wildman–Crippen MR) is 101 cm³/mol. The van der Waals surface area contributed by atoms with Gasteiger partial charge < -0.3 is 5.32 Å². The van der Waals surface area contributed by atoms with Gasteiger partial charge in [0.25, 0.3) is 0 Å². The molecule has 0 amide bonds. The van der Waals surface area contributed by atoms with Crippen molar-refractivity contribution in [3.8, 4) is 11.3 Å². The first-order valence-electron chi connectivity index (χ1n) is 8.36. The van der Waals surface area contributed by atoms with E-state index in [1.165, 1.54) is 12.8 Å². The topological polar surface area (TPSA) is 42.7 Å². The monoisotopic (exact) mass is 372 g/mol. The summed E-state index contributed by atoms with van der Waals surface area (Å²) in [6.45, 7) is 1.16. The lowest BCUT2D eigenvalue weighted by Crippen LogP contribution is -2.16. The SMILES string of the molecule is Clc1cccc(Cl)c1Cn1nc(CNC2CC2)c(-c2ccccc2)n1. The molecule has 0 spiro atoms. The summed E-state index contributed by atoms with van der Waals surface area (Å²) in [6.07, 6.45) is 2.48. The van der Waals surface area contributed by atoms with Crippen LogP contribution in [-0.4, -0.2) is 21.0 Å². The second kappa shape index (κ2) is 7.16. The third kappa shape index (κ3) is 3.87. The molecule has 1 N–H and O–H groups in total. The highest BCUT2D eigenvalue weighted by Gasteiger charge is 2.22. The van der Waals surface area contributed by atoms with Crippen LogP contribution in [0.2, 0.25) is 10.0 Å². The highest BCUT2D eigenvalue weighted by atomic mass is 35.5. The molecule has 1 saturated carbocycles. The van der Waals surface area contributed by atoms with Crippen molar-refractivity contribution in [3.63, 3.8) is 0 Å². The minimum atomic E-state index is 0.446. The maximum absolute atomic E-state index is 6.29. The molecule has 0 bridgehead atoms. The van der Waals surface area contributed by atoms with E-state index < -0.39 is 0 Å². The Kier molecular flexibility index (Phi) is 4.75. The van der Waals surface area contributed by atoms with Crippen LogP contribution >= 0.6 is 23.2 Å². The molecule has 1 aromatic heterocycles. The number of nitrogens with one attached hydrogen (secondary N) is 1. The van der Waals surface area contributed by atoms with Crippen molar-refractivity contribution in [3.05, 3.63) is 69.8 Å². The molecule has 0 radical (unpaired) electrons. The highest BCUT2D eigenvalue weighted by molar-refractivity contribution is 6.35. The summed E-state index contributed by atoms with van der Waals surface area (Å²) in [5.74, 6) is 0. The molecule has 0 saturated heterocycles. The van der Waals surface area contributed by atoms with Crippen LogP contribution in [-0.2, 0) is 13.1 Å². The van der Waals surface area contributed by atoms with Gasteiger partial charge in [-0.1, -0.05) is 59.6 Å². The van der Waals surface area contributed by atoms with Crippen LogP contribution in [0.4, 0.5) is 0 Å². The molecular weight excluding hydrogens is 355 g/mol. The summed E-state index contributed by atoms with van der Waals surface area (Å²) in [5, 5.41) is 14.2. The van der Waals surface area contributed by atoms with Crippen molar-refractivity contribution in [1.82, 2.24) is 20.3 Å². The van der Waals surface area contributed by atoms with Crippen LogP contribution in [0.1, 0.15) is 24.1 Å². The summed E-state index contributed by atoms with van der Waals surface area (Å²) in [7, 11) is 0. The molecular formula is C19H18Cl2N4. The minimum absolute atomic E-state index is 0.446. The molecule has 3 aromatic rings. The Balaban J connectivity index is 1.66. The molecule has 6 heteroatoms. The van der Waals surface area contributed by atoms with Crippen LogP contribution < -0.4 is 5.32 Å². The Morgan fingerprint density at radius 2 is 1.68 bits per heavy atom. The smallest absolute Gasteiger partial charge is 0.117 e. The van der Waals surface area contributed by atoms with Gasteiger partial charge in [-0.2, -0.15) is 15.0 Å². The second-order valence-corrected chi connectivity index (χ2v) is 7.06. The Bertz CT molecular complexity index is 852. The molecule has 1 aliphatic rings. The lowest BCUT2D eigenvalue weighted by Gasteiger charge is -2.05. The lowest BCUT2D eigenvalue weighted by atomic mass is 10.1. The normalized spacial score (nSPS) is 14.0. The van der Waals surface area contributed by atoms with Gasteiger partial charge in [-0.25, -0.2) is 0 Å². The molecule has 0 atom stereocenters. The van der Waals surface area contributed by atoms with E-state index in [4.69, 9.17) is 28.3 Å². The molecule has 25 heavy (non-hydrogen) atoms. The Labute approximate surface area is 156 Å². The second-order valence-electron chi connectivity index (χ2n) is 6.25. The maximum atomic E-state index is 6.29. The number of rotatable bonds is 6. The largest absolute Gasteiger partial charge is 0.308 e. The van der Waals surface area contributed by atoms with E-state index in [0.717, 1.165) is 22.5 Å². The van der Waals surface area contributed by atoms with Gasteiger partial charge in [0.05, 0.1) is 6.54 Å². The number of hydrogen-bond acceptors (Lipinski definition) is 3. The van der Waals surface area contributed by atoms with E-state index >= 15 is 0 Å². The van der Waals surface area contributed by atoms with Crippen molar-refractivity contribution < 1.29 is 0 Å². The quantitative estimate of drug-likeness (QED) is 0.689. The van der Waals surface area contributed by atoms with Gasteiger partial charge in [-0.3, -0.25) is 0 Å². The van der Waals surface area contributed by atoms with Crippen molar-refractivity contribution in [2.75, 3.05) is 0 Å². The number of aromatic nitrogens is 3. The average molecular weight is 373 g/mol. The summed E-state index contributed by atoms with van der Waals surface area (Å²) in [6, 6.07) is 16.3. The first-order chi connectivity index (χ1) is 12.2. The highest BCUT2D eigenvalue weighted by Crippen LogP contribution is 2.27. The van der Waals surface area contributed by atoms with Gasteiger partial charge in [-0.05, 0) is 25.0 Å². The van der Waals surface area contributed by atoms with Crippen molar-refractivity contribution in [2.45, 2.75) is 32.0 Å². The fourth-order valence-corrected chi connectivity index (χ4v) is 3.26. The number of halogens is 2. The van der Waals surface area contributed by atoms with Crippen molar-refractivity contribution in [1.29, 1.82) is 0 Å². The third-order valence-electron chi connectivity index (χ3n) is 4.27. The zero-order valence-corrected chi connectivity index (χ0v) is 15.1. The Morgan fingerprint density at radius 1 is 0.960 bits per heavy atom. The predicted octanol–water partition coefficient (Wildman–Crippen LogP) is 4.55. The van der Waals surface area contributed by atoms with Crippen LogP contribution in [0.15, 0.2) is 48.5 Å². The average Bonchev–Trinajstić information content (AvgIpc) is 3.37. The summed E-state index contributed by atoms with van der Waals surface area (Å²) in [5.41, 5.74) is 3.74. The van der Waals surface area contributed by atoms with Crippen molar-refractivity contribution in [2.24, 2.45) is 0 Å². The zero-order chi connectivity index (χ0) is 17.2. The van der Waals surface area contributed by atoms with Crippen molar-refractivity contribution >= 4 is 23.2 Å². The van der Waals surface area contributed by atoms with Crippen LogP contribution in [0.5, 0.6) is 0 Å². The molecule has 2 aromatic carbocycles. The first-order valence-corrected chi connectivity index (χ1v) is 9.12. The van der Waals surface area contributed by atoms with Gasteiger partial charge in [-0.15, -0.1) is 0 Å². The van der Waals surface area contributed by atoms with E-state index in [9.17, 15) is 0 Å². The molecule has 1 fully saturated rings. The Morgan fingerprint density at radius 3 is 2.36 bits per heavy atom. The van der Waals surface area contributed by atoms with Gasteiger partial charge in [0.15, 0.2) is 0 Å². The fourth-order valence-electron chi connectivity index (χ4n) is 2.75. The van der Waals surface area contributed by atoms with E-state index in [1.54, 1.807) is 4.80 Å². The van der Waals surface area contributed by atoms with E-state index in [2.05, 4.69) is 22.5 Å². The maximum Gasteiger partial charge on any atom is 0.117 e. The van der Waals surface area contributed by atoms with E-state index in [1.807, 2.05) is 36.4 Å². The van der Waals surface area contributed by atoms with Gasteiger partial charge in [0, 0.05) is 33.8 Å². The fraction of sp³-hybridized carbons (Fsp3) is 0.263. The van der Waals surface area contributed by atoms with Gasteiger partial charge >= 0.3 is 0 Å². The summed E-state index contributed by atoms with van der Waals surface area (Å²) >= 11 is 12.6. The number of nitrogens with zero attached hydrogens (tertiary/aromatic N) is 3. The molecule has 0 aliphatic heterocycles. The molecule has 0 unspecified atom stereocenters. The van der Waals surface area contributed by atoms with Gasteiger partial charge in [0.2, 0.25) is 0 Å². The van der Waals surface area contributed by atoms with Crippen LogP contribution in [0, 0.1) is 0 Å². The van der Waals surface area contributed by atoms with E-state index in [0.29, 0.717) is 29.2 Å². The zero-order valence-electron chi connectivity index (χ0n) is 13.6. The standard InChI is InChI=1S/C19H18Cl2N4/c20-16-7-4-8-17(21)15(16)12-25-23-18(11-22-14-9-10-14)19(24-25)13-5-2-1-3-6-13/h1-8,14,22H,9-12H2. The number of hydrogen-bond donors (Lipinski definition) is 1. The molecule has 4 rings (SSSR count). The summed E-state index contributed by atoms with van der Waals surface area (Å²) < 4.78 is 0. The molecule has 4 nitrogen and oxygen atoms in total. The van der Waals surface area contributed by atoms with Crippen LogP contribution in [0.25, 0.3) is 11.3 Å². The van der Waals surface area contributed by atoms with E-state index in [-0.39, 0.29) is 0 Å². The summed E-state index contributed by atoms with van der Waals surface area (Å²) in [4.78, 5) is 1.68. The third-order valence-corrected chi connectivity index (χ3v) is 4.98. The van der Waals surface area contributed by atoms with Crippen LogP contribution in [0.3, 0.4) is 0 Å². The Hall–Kier alpha value is -1.88. The minimum Gasteiger partial charge on any atom is -0.308 e. The molecule has 128 valence electrons. The van der Waals surface area contributed by atoms with Gasteiger partial charge in [0.1, 0.15) is 11.4 Å². The molecule has 1 aliphatic carbocycles.